The van der Waals surface area contributed by atoms with Crippen LogP contribution in [0.1, 0.15) is 0 Å². The van der Waals surface area contributed by atoms with Crippen LogP contribution in [0, 0.1) is 0 Å². The van der Waals surface area contributed by atoms with Crippen LogP contribution in [-0.4, -0.2) is 25.4 Å². The molecule has 5 aromatic carbocycles. The lowest BCUT2D eigenvalue weighted by Crippen LogP contribution is -2.17. The number of ether oxygens (including phenoxy) is 3. The summed E-state index contributed by atoms with van der Waals surface area (Å²) in [6.45, 7) is 0. The first kappa shape index (κ1) is 27.3. The number of hydrogen-bond acceptors (Lipinski definition) is 5. The fourth-order valence-corrected chi connectivity index (χ4v) is 9.24. The first-order valence-electron chi connectivity index (χ1n) is 12.4. The topological polar surface area (TPSA) is 74.6 Å². The minimum Gasteiger partial charge on any atom is -0.497 e. The molecule has 0 heterocycles. The maximum absolute atomic E-state index is 12.9. The predicted octanol–water partition coefficient (Wildman–Crippen LogP) is 8.53. The zero-order chi connectivity index (χ0) is 28.0. The van der Waals surface area contributed by atoms with Gasteiger partial charge in [-0.25, -0.2) is 0 Å². The van der Waals surface area contributed by atoms with Gasteiger partial charge in [-0.2, -0.15) is 8.42 Å². The molecule has 40 heavy (non-hydrogen) atoms. The highest BCUT2D eigenvalue weighted by Crippen LogP contribution is 2.68. The summed E-state index contributed by atoms with van der Waals surface area (Å²) in [6.07, 6.45) is 1.12. The van der Waals surface area contributed by atoms with E-state index in [9.17, 15) is 8.42 Å². The largest absolute Gasteiger partial charge is 0.497 e. The van der Waals surface area contributed by atoms with E-state index < -0.39 is 20.4 Å². The van der Waals surface area contributed by atoms with Crippen molar-refractivity contribution in [2.24, 2.45) is 0 Å². The van der Waals surface area contributed by atoms with Crippen molar-refractivity contribution in [2.45, 2.75) is 14.7 Å². The normalized spacial score (nSPS) is 11.9. The molecule has 0 saturated carbocycles. The van der Waals surface area contributed by atoms with Crippen LogP contribution in [0.25, 0.3) is 0 Å². The third-order valence-corrected chi connectivity index (χ3v) is 10.8. The van der Waals surface area contributed by atoms with Gasteiger partial charge in [-0.1, -0.05) is 36.4 Å². The fourth-order valence-electron chi connectivity index (χ4n) is 4.17. The van der Waals surface area contributed by atoms with Crippen molar-refractivity contribution < 1.29 is 26.3 Å². The van der Waals surface area contributed by atoms with Crippen molar-refractivity contribution in [1.82, 2.24) is 0 Å². The fraction of sp³-hybridized carbons (Fsp3) is 0.0625. The monoisotopic (exact) mass is 573 g/mol. The third kappa shape index (κ3) is 6.31. The average molecular weight is 574 g/mol. The molecule has 0 aliphatic carbocycles. The van der Waals surface area contributed by atoms with Gasteiger partial charge < -0.3 is 14.2 Å². The summed E-state index contributed by atoms with van der Waals surface area (Å²) >= 11 is 0. The van der Waals surface area contributed by atoms with Crippen LogP contribution >= 0.6 is 10.3 Å². The van der Waals surface area contributed by atoms with Crippen molar-refractivity contribution >= 4 is 20.4 Å². The maximum atomic E-state index is 12.9. The van der Waals surface area contributed by atoms with Gasteiger partial charge >= 0.3 is 10.1 Å². The van der Waals surface area contributed by atoms with E-state index in [2.05, 4.69) is 3.63 Å². The first-order chi connectivity index (χ1) is 19.4. The Bertz CT molecular complexity index is 1550. The summed E-state index contributed by atoms with van der Waals surface area (Å²) in [6, 6.07) is 41.1. The Kier molecular flexibility index (Phi) is 8.11. The average Bonchev–Trinajstić information content (AvgIpc) is 2.97. The number of methoxy groups -OCH3 is 1. The SMILES string of the molecule is COc1ccc(S([OH+]S(C)(=O)=O)(c2ccc(Oc3ccccc3)cc2)c2ccc(Oc3ccccc3)cc2)cc1. The van der Waals surface area contributed by atoms with E-state index in [0.717, 1.165) is 20.9 Å². The van der Waals surface area contributed by atoms with Crippen LogP contribution in [0.3, 0.4) is 0 Å². The highest BCUT2D eigenvalue weighted by Gasteiger charge is 2.41. The Balaban J connectivity index is 1.61. The molecule has 0 amide bonds. The Morgan fingerprint density at radius 3 is 1.12 bits per heavy atom. The van der Waals surface area contributed by atoms with Gasteiger partial charge in [0.05, 0.1) is 32.1 Å². The molecule has 1 N–H and O–H groups in total. The summed E-state index contributed by atoms with van der Waals surface area (Å²) in [4.78, 5) is 2.22. The molecular weight excluding hydrogens is 544 g/mol. The molecular formula is C32H29O6S2+. The van der Waals surface area contributed by atoms with Gasteiger partial charge in [0.15, 0.2) is 0 Å². The van der Waals surface area contributed by atoms with Crippen molar-refractivity contribution in [1.29, 1.82) is 0 Å². The third-order valence-electron chi connectivity index (χ3n) is 5.94. The van der Waals surface area contributed by atoms with Gasteiger partial charge in [-0.3, -0.25) is 3.63 Å². The van der Waals surface area contributed by atoms with E-state index in [4.69, 9.17) is 14.2 Å². The van der Waals surface area contributed by atoms with Gasteiger partial charge in [0.2, 0.25) is 0 Å². The van der Waals surface area contributed by atoms with Crippen LogP contribution in [0.5, 0.6) is 28.7 Å². The van der Waals surface area contributed by atoms with Gasteiger partial charge in [0, 0.05) is 0 Å². The zero-order valence-corrected chi connectivity index (χ0v) is 23.6. The summed E-state index contributed by atoms with van der Waals surface area (Å²) in [7, 11) is -4.82. The van der Waals surface area contributed by atoms with Crippen LogP contribution < -0.4 is 14.2 Å². The van der Waals surface area contributed by atoms with Gasteiger partial charge in [0.1, 0.15) is 35.0 Å². The van der Waals surface area contributed by atoms with E-state index >= 15 is 0 Å². The van der Waals surface area contributed by atoms with Gasteiger partial charge in [-0.05, 0) is 97.1 Å². The molecule has 0 unspecified atom stereocenters. The Morgan fingerprint density at radius 2 is 0.800 bits per heavy atom. The molecule has 0 bridgehead atoms. The molecule has 5 aromatic rings. The minimum absolute atomic E-state index is 0.629. The van der Waals surface area contributed by atoms with E-state index in [1.165, 1.54) is 0 Å². The number of para-hydroxylation sites is 2. The Labute approximate surface area is 236 Å². The molecule has 0 spiro atoms. The standard InChI is InChI=1S/C32H28O6S2/c1-35-25-13-19-30(20-14-25)40(38-39(2,33)34,31-21-15-28(16-22-31)36-26-9-5-3-6-10-26)32-23-17-29(18-24-32)37-27-11-7-4-8-12-27/h3-24H,1-2H3/p+1. The van der Waals surface area contributed by atoms with E-state index in [1.807, 2.05) is 133 Å². The zero-order valence-electron chi connectivity index (χ0n) is 22.0. The Hall–Kier alpha value is -4.24. The lowest BCUT2D eigenvalue weighted by atomic mass is 10.3. The molecule has 0 radical (unpaired) electrons. The van der Waals surface area contributed by atoms with Crippen molar-refractivity contribution in [3.8, 4) is 28.7 Å². The molecule has 0 aromatic heterocycles. The molecule has 0 aliphatic heterocycles. The molecule has 8 heteroatoms. The number of hydrogen-bond donors (Lipinski definition) is 0. The molecule has 204 valence electrons. The quantitative estimate of drug-likeness (QED) is 0.124. The van der Waals surface area contributed by atoms with E-state index in [-0.39, 0.29) is 0 Å². The first-order valence-corrected chi connectivity index (χ1v) is 15.9. The van der Waals surface area contributed by atoms with Crippen LogP contribution in [0.15, 0.2) is 148 Å². The smallest absolute Gasteiger partial charge is 0.387 e. The molecule has 6 nitrogen and oxygen atoms in total. The second kappa shape index (κ2) is 11.9. The highest BCUT2D eigenvalue weighted by molar-refractivity contribution is 8.32. The predicted molar refractivity (Wildman–Crippen MR) is 159 cm³/mol. The van der Waals surface area contributed by atoms with Crippen LogP contribution in [0.2, 0.25) is 0 Å². The van der Waals surface area contributed by atoms with Crippen LogP contribution in [0.4, 0.5) is 0 Å². The summed E-state index contributed by atoms with van der Waals surface area (Å²) < 4.78 is 47.7. The number of rotatable bonds is 10. The summed E-state index contributed by atoms with van der Waals surface area (Å²) in [5.74, 6) is 3.33. The van der Waals surface area contributed by atoms with Crippen molar-refractivity contribution in [3.05, 3.63) is 133 Å². The number of benzene rings is 5. The molecule has 0 aliphatic rings. The molecule has 0 atom stereocenters. The molecule has 5 rings (SSSR count). The van der Waals surface area contributed by atoms with Crippen molar-refractivity contribution in [3.63, 3.8) is 0 Å². The lowest BCUT2D eigenvalue weighted by molar-refractivity contribution is 0.392. The van der Waals surface area contributed by atoms with E-state index in [0.29, 0.717) is 28.7 Å². The van der Waals surface area contributed by atoms with Gasteiger partial charge in [0.25, 0.3) is 0 Å². The molecule has 0 saturated heterocycles. The summed E-state index contributed by atoms with van der Waals surface area (Å²) in [5, 5.41) is 0. The molecule has 0 fully saturated rings. The second-order valence-corrected chi connectivity index (χ2v) is 13.5. The maximum Gasteiger partial charge on any atom is 0.387 e. The van der Waals surface area contributed by atoms with Crippen LogP contribution in [-0.2, 0) is 10.1 Å². The minimum atomic E-state index is -3.79. The summed E-state index contributed by atoms with van der Waals surface area (Å²) in [5.41, 5.74) is 0. The van der Waals surface area contributed by atoms with Gasteiger partial charge in [-0.15, -0.1) is 0 Å². The highest BCUT2D eigenvalue weighted by atomic mass is 32.3. The lowest BCUT2D eigenvalue weighted by Gasteiger charge is -2.34. The van der Waals surface area contributed by atoms with Crippen molar-refractivity contribution in [2.75, 3.05) is 13.4 Å². The second-order valence-electron chi connectivity index (χ2n) is 8.84. The Morgan fingerprint density at radius 1 is 0.475 bits per heavy atom. The van der Waals surface area contributed by atoms with E-state index in [1.54, 1.807) is 7.11 Å².